The number of aromatic carboxylic acids is 1. The fraction of sp³-hybridized carbons (Fsp3) is 0.667. The SMILES string of the molecule is CC[C@H]1OC(n2cnc3c(N)nc(-n4cc(C(=O)O)cn4)nc32)[C@H](O[Si](C)(C)C(C)(C)C)[C@@H]1O[Si](C)(C)C(C)(C)C. The standard InChI is InChI=1S/C27H45N7O5Si2/c1-12-17-19(38-40(8,9)26(2,3)4)20(39-41(10,11)27(5,6)7)23(37-17)33-15-29-18-21(28)31-25(32-22(18)33)34-14-16(13-30-34)24(35)36/h13-15,17,19-20,23H,12H2,1-11H3,(H,35,36)(H2,28,31,32)/t17-,19-,20-,23?/m1/s1. The average Bonchev–Trinajstić information content (AvgIpc) is 3.55. The van der Waals surface area contributed by atoms with Crippen molar-refractivity contribution in [3.63, 3.8) is 0 Å². The number of nitrogens with zero attached hydrogens (tertiary/aromatic N) is 6. The largest absolute Gasteiger partial charge is 0.478 e. The second-order valence-corrected chi connectivity index (χ2v) is 23.4. The van der Waals surface area contributed by atoms with E-state index in [9.17, 15) is 9.90 Å². The van der Waals surface area contributed by atoms with Crippen LogP contribution in [0.25, 0.3) is 17.1 Å². The second-order valence-electron chi connectivity index (χ2n) is 13.9. The number of nitrogens with two attached hydrogens (primary N) is 1. The van der Waals surface area contributed by atoms with Crippen molar-refractivity contribution in [2.45, 2.75) is 116 Å². The molecule has 3 aromatic rings. The zero-order valence-corrected chi connectivity index (χ0v) is 28.1. The Balaban J connectivity index is 1.84. The van der Waals surface area contributed by atoms with Crippen molar-refractivity contribution in [2.24, 2.45) is 0 Å². The molecule has 1 aliphatic rings. The van der Waals surface area contributed by atoms with Crippen LogP contribution >= 0.6 is 0 Å². The van der Waals surface area contributed by atoms with Gasteiger partial charge in [0.1, 0.15) is 17.7 Å². The minimum absolute atomic E-state index is 0.00174. The van der Waals surface area contributed by atoms with Crippen molar-refractivity contribution in [1.29, 1.82) is 0 Å². The van der Waals surface area contributed by atoms with Gasteiger partial charge in [0, 0.05) is 6.20 Å². The second kappa shape index (κ2) is 10.6. The third-order valence-corrected chi connectivity index (χ3v) is 17.9. The summed E-state index contributed by atoms with van der Waals surface area (Å²) in [6.07, 6.45) is 3.48. The molecule has 4 heterocycles. The summed E-state index contributed by atoms with van der Waals surface area (Å²) in [7, 11) is -4.49. The van der Waals surface area contributed by atoms with Crippen molar-refractivity contribution in [1.82, 2.24) is 29.3 Å². The number of fused-ring (bicyclic) bond motifs is 1. The van der Waals surface area contributed by atoms with Crippen molar-refractivity contribution in [3.8, 4) is 5.95 Å². The number of ether oxygens (including phenoxy) is 1. The maximum absolute atomic E-state index is 11.4. The Hall–Kier alpha value is -2.66. The summed E-state index contributed by atoms with van der Waals surface area (Å²) in [4.78, 5) is 25.0. The van der Waals surface area contributed by atoms with Crippen LogP contribution in [0.3, 0.4) is 0 Å². The summed E-state index contributed by atoms with van der Waals surface area (Å²) in [6, 6.07) is 0. The van der Waals surface area contributed by atoms with E-state index in [4.69, 9.17) is 24.3 Å². The van der Waals surface area contributed by atoms with E-state index in [0.717, 1.165) is 6.42 Å². The average molecular weight is 604 g/mol. The van der Waals surface area contributed by atoms with Crippen LogP contribution in [0.15, 0.2) is 18.7 Å². The van der Waals surface area contributed by atoms with Crippen LogP contribution in [-0.2, 0) is 13.6 Å². The Morgan fingerprint density at radius 1 is 1.05 bits per heavy atom. The molecule has 1 aliphatic heterocycles. The van der Waals surface area contributed by atoms with Gasteiger partial charge in [-0.3, -0.25) is 4.57 Å². The highest BCUT2D eigenvalue weighted by Gasteiger charge is 2.54. The topological polar surface area (TPSA) is 152 Å². The molecule has 0 aliphatic carbocycles. The van der Waals surface area contributed by atoms with E-state index < -0.39 is 34.9 Å². The van der Waals surface area contributed by atoms with Gasteiger partial charge in [-0.1, -0.05) is 48.5 Å². The highest BCUT2D eigenvalue weighted by atomic mass is 28.4. The minimum atomic E-state index is -2.29. The van der Waals surface area contributed by atoms with Crippen LogP contribution in [0.1, 0.15) is 71.5 Å². The summed E-state index contributed by atoms with van der Waals surface area (Å²) in [5.74, 6) is -0.818. The molecule has 226 valence electrons. The molecule has 0 aromatic carbocycles. The lowest BCUT2D eigenvalue weighted by Crippen LogP contribution is -2.53. The maximum Gasteiger partial charge on any atom is 0.338 e. The Morgan fingerprint density at radius 3 is 2.15 bits per heavy atom. The van der Waals surface area contributed by atoms with Gasteiger partial charge in [-0.25, -0.2) is 14.5 Å². The molecule has 14 heteroatoms. The van der Waals surface area contributed by atoms with E-state index in [1.807, 2.05) is 4.57 Å². The molecule has 3 N–H and O–H groups in total. The van der Waals surface area contributed by atoms with Gasteiger partial charge in [0.15, 0.2) is 34.3 Å². The molecule has 4 atom stereocenters. The van der Waals surface area contributed by atoms with E-state index in [1.54, 1.807) is 6.33 Å². The van der Waals surface area contributed by atoms with Gasteiger partial charge < -0.3 is 24.4 Å². The number of anilines is 1. The first kappa shape index (κ1) is 31.3. The fourth-order valence-electron chi connectivity index (χ4n) is 4.32. The van der Waals surface area contributed by atoms with Crippen molar-refractivity contribution in [2.75, 3.05) is 5.73 Å². The van der Waals surface area contributed by atoms with E-state index in [0.29, 0.717) is 11.2 Å². The molecular formula is C27H45N7O5Si2. The summed E-state index contributed by atoms with van der Waals surface area (Å²) in [6.45, 7) is 24.4. The Bertz CT molecular complexity index is 1420. The molecule has 0 saturated carbocycles. The smallest absolute Gasteiger partial charge is 0.338 e. The molecule has 4 rings (SSSR count). The Morgan fingerprint density at radius 2 is 1.63 bits per heavy atom. The number of hydrogen-bond donors (Lipinski definition) is 2. The maximum atomic E-state index is 11.4. The number of imidazole rings is 1. The van der Waals surface area contributed by atoms with Crippen LogP contribution < -0.4 is 5.73 Å². The summed E-state index contributed by atoms with van der Waals surface area (Å²) >= 11 is 0. The monoisotopic (exact) mass is 603 g/mol. The van der Waals surface area contributed by atoms with Crippen molar-refractivity contribution < 1.29 is 23.5 Å². The van der Waals surface area contributed by atoms with Crippen LogP contribution in [0, 0.1) is 0 Å². The highest BCUT2D eigenvalue weighted by molar-refractivity contribution is 6.74. The number of rotatable bonds is 8. The lowest BCUT2D eigenvalue weighted by molar-refractivity contribution is -0.0324. The van der Waals surface area contributed by atoms with Gasteiger partial charge in [-0.2, -0.15) is 15.1 Å². The third-order valence-electron chi connectivity index (χ3n) is 8.91. The first-order valence-corrected chi connectivity index (χ1v) is 19.9. The van der Waals surface area contributed by atoms with E-state index in [-0.39, 0.29) is 39.6 Å². The molecule has 0 spiro atoms. The Kier molecular flexibility index (Phi) is 8.06. The molecule has 1 unspecified atom stereocenters. The molecule has 3 aromatic heterocycles. The fourth-order valence-corrected chi connectivity index (χ4v) is 6.92. The van der Waals surface area contributed by atoms with Crippen molar-refractivity contribution in [3.05, 3.63) is 24.3 Å². The van der Waals surface area contributed by atoms with Gasteiger partial charge in [-0.05, 0) is 42.7 Å². The predicted molar refractivity (Wildman–Crippen MR) is 162 cm³/mol. The molecule has 0 amide bonds. The lowest BCUT2D eigenvalue weighted by atomic mass is 10.1. The molecule has 0 bridgehead atoms. The third kappa shape index (κ3) is 5.84. The minimum Gasteiger partial charge on any atom is -0.478 e. The van der Waals surface area contributed by atoms with Gasteiger partial charge in [0.25, 0.3) is 5.95 Å². The zero-order chi connectivity index (χ0) is 30.7. The first-order chi connectivity index (χ1) is 18.8. The normalized spacial score (nSPS) is 22.5. The molecule has 0 radical (unpaired) electrons. The van der Waals surface area contributed by atoms with Crippen LogP contribution in [0.2, 0.25) is 36.3 Å². The first-order valence-electron chi connectivity index (χ1n) is 14.1. The summed E-state index contributed by atoms with van der Waals surface area (Å²) < 4.78 is 24.1. The number of nitrogen functional groups attached to an aromatic ring is 1. The number of carboxylic acid groups (broad SMARTS) is 1. The molecule has 1 saturated heterocycles. The van der Waals surface area contributed by atoms with Gasteiger partial charge in [0.2, 0.25) is 0 Å². The zero-order valence-electron chi connectivity index (χ0n) is 26.1. The molecule has 41 heavy (non-hydrogen) atoms. The number of hydrogen-bond acceptors (Lipinski definition) is 9. The Labute approximate surface area is 243 Å². The van der Waals surface area contributed by atoms with Crippen molar-refractivity contribution >= 4 is 39.6 Å². The van der Waals surface area contributed by atoms with Crippen LogP contribution in [-0.4, -0.2) is 75.3 Å². The number of aromatic nitrogens is 6. The van der Waals surface area contributed by atoms with Crippen LogP contribution in [0.5, 0.6) is 0 Å². The van der Waals surface area contributed by atoms with E-state index in [2.05, 4.69) is 89.7 Å². The van der Waals surface area contributed by atoms with E-state index in [1.165, 1.54) is 17.1 Å². The number of carboxylic acids is 1. The van der Waals surface area contributed by atoms with Gasteiger partial charge >= 0.3 is 5.97 Å². The highest BCUT2D eigenvalue weighted by Crippen LogP contribution is 2.46. The quantitative estimate of drug-likeness (QED) is 0.321. The molecule has 12 nitrogen and oxygen atoms in total. The van der Waals surface area contributed by atoms with Gasteiger partial charge in [0.05, 0.1) is 24.2 Å². The summed E-state index contributed by atoms with van der Waals surface area (Å²) in [5.41, 5.74) is 7.18. The number of carbonyl (C=O) groups is 1. The lowest BCUT2D eigenvalue weighted by Gasteiger charge is -2.44. The van der Waals surface area contributed by atoms with Crippen LogP contribution in [0.4, 0.5) is 5.82 Å². The molecular weight excluding hydrogens is 559 g/mol. The predicted octanol–water partition coefficient (Wildman–Crippen LogP) is 5.38. The summed E-state index contributed by atoms with van der Waals surface area (Å²) in [5, 5.41) is 13.4. The molecule has 1 fully saturated rings. The van der Waals surface area contributed by atoms with E-state index >= 15 is 0 Å². The van der Waals surface area contributed by atoms with Gasteiger partial charge in [-0.15, -0.1) is 0 Å².